The van der Waals surface area contributed by atoms with Crippen molar-refractivity contribution in [3.63, 3.8) is 0 Å². The second-order valence-electron chi connectivity index (χ2n) is 7.30. The number of halogens is 1. The zero-order valence-electron chi connectivity index (χ0n) is 16.7. The lowest BCUT2D eigenvalue weighted by Crippen LogP contribution is -2.38. The van der Waals surface area contributed by atoms with Crippen molar-refractivity contribution in [3.05, 3.63) is 58.2 Å². The number of amides is 1. The van der Waals surface area contributed by atoms with Gasteiger partial charge < -0.3 is 10.1 Å². The van der Waals surface area contributed by atoms with Gasteiger partial charge in [0.25, 0.3) is 5.91 Å². The van der Waals surface area contributed by atoms with Crippen LogP contribution >= 0.6 is 11.3 Å². The van der Waals surface area contributed by atoms with Gasteiger partial charge in [0.1, 0.15) is 22.5 Å². The van der Waals surface area contributed by atoms with Crippen LogP contribution < -0.4 is 5.32 Å². The van der Waals surface area contributed by atoms with Crippen LogP contribution in [-0.4, -0.2) is 40.1 Å². The van der Waals surface area contributed by atoms with E-state index in [0.717, 1.165) is 36.8 Å². The summed E-state index contributed by atoms with van der Waals surface area (Å²) in [5, 5.41) is 3.42. The maximum absolute atomic E-state index is 13.4. The molecule has 30 heavy (non-hydrogen) atoms. The van der Waals surface area contributed by atoms with Crippen LogP contribution in [0.2, 0.25) is 0 Å². The molecule has 0 spiro atoms. The van der Waals surface area contributed by atoms with E-state index in [1.54, 1.807) is 12.1 Å². The highest BCUT2D eigenvalue weighted by molar-refractivity contribution is 7.19. The van der Waals surface area contributed by atoms with E-state index in [9.17, 15) is 9.18 Å². The number of benzene rings is 1. The summed E-state index contributed by atoms with van der Waals surface area (Å²) in [6.45, 7) is 3.31. The number of nitrogens with one attached hydrogen (secondary N) is 1. The molecule has 0 unspecified atom stereocenters. The zero-order chi connectivity index (χ0) is 20.9. The van der Waals surface area contributed by atoms with Crippen LogP contribution in [-0.2, 0) is 11.2 Å². The van der Waals surface area contributed by atoms with Gasteiger partial charge in [0.05, 0.1) is 5.69 Å². The average Bonchev–Trinajstić information content (AvgIpc) is 3.19. The number of aromatic nitrogens is 3. The fourth-order valence-electron chi connectivity index (χ4n) is 3.42. The molecule has 1 fully saturated rings. The standard InChI is InChI=1S/C22H23FN4O2S/c1-14-6-7-16(23)12-15(14)4-2-3-5-18-19-21(25-13-24-18)30-22(27-19)20(28)26-17-8-10-29-11-9-17/h3,5-7,12-13,17H,2,4,8-11H2,1H3,(H,26,28)/b5-3-. The van der Waals surface area contributed by atoms with Gasteiger partial charge in [0.15, 0.2) is 5.01 Å². The van der Waals surface area contributed by atoms with Crippen LogP contribution in [0.15, 0.2) is 30.6 Å². The highest BCUT2D eigenvalue weighted by atomic mass is 32.1. The fraction of sp³-hybridized carbons (Fsp3) is 0.364. The first-order chi connectivity index (χ1) is 14.6. The Morgan fingerprint density at radius 2 is 2.17 bits per heavy atom. The molecular weight excluding hydrogens is 403 g/mol. The van der Waals surface area contributed by atoms with Crippen LogP contribution in [0.3, 0.4) is 0 Å². The molecule has 1 aliphatic rings. The minimum Gasteiger partial charge on any atom is -0.381 e. The Morgan fingerprint density at radius 3 is 3.00 bits per heavy atom. The summed E-state index contributed by atoms with van der Waals surface area (Å²) in [6.07, 6.45) is 8.48. The zero-order valence-corrected chi connectivity index (χ0v) is 17.5. The first-order valence-corrected chi connectivity index (χ1v) is 10.8. The molecule has 2 aromatic heterocycles. The van der Waals surface area contributed by atoms with Crippen LogP contribution in [0.4, 0.5) is 4.39 Å². The van der Waals surface area contributed by atoms with E-state index in [1.165, 1.54) is 23.7 Å². The summed E-state index contributed by atoms with van der Waals surface area (Å²) in [4.78, 5) is 26.3. The third kappa shape index (κ3) is 4.88. The molecule has 0 aliphatic carbocycles. The Morgan fingerprint density at radius 1 is 1.33 bits per heavy atom. The largest absolute Gasteiger partial charge is 0.381 e. The first-order valence-electron chi connectivity index (χ1n) is 10.0. The van der Waals surface area contributed by atoms with Gasteiger partial charge in [-0.2, -0.15) is 0 Å². The summed E-state index contributed by atoms with van der Waals surface area (Å²) in [6, 6.07) is 4.97. The van der Waals surface area contributed by atoms with Crippen molar-refractivity contribution in [1.29, 1.82) is 0 Å². The lowest BCUT2D eigenvalue weighted by Gasteiger charge is -2.22. The van der Waals surface area contributed by atoms with Crippen LogP contribution in [0.5, 0.6) is 0 Å². The van der Waals surface area contributed by atoms with Crippen molar-refractivity contribution < 1.29 is 13.9 Å². The lowest BCUT2D eigenvalue weighted by atomic mass is 10.0. The molecule has 1 aliphatic heterocycles. The van der Waals surface area contributed by atoms with E-state index in [1.807, 2.05) is 19.1 Å². The van der Waals surface area contributed by atoms with Crippen molar-refractivity contribution >= 4 is 33.7 Å². The molecule has 3 heterocycles. The molecule has 0 radical (unpaired) electrons. The Hall–Kier alpha value is -2.71. The number of allylic oxidation sites excluding steroid dienone is 1. The maximum atomic E-state index is 13.4. The molecule has 8 heteroatoms. The number of nitrogens with zero attached hydrogens (tertiary/aromatic N) is 3. The van der Waals surface area contributed by atoms with Crippen molar-refractivity contribution in [2.24, 2.45) is 0 Å². The molecule has 1 amide bonds. The van der Waals surface area contributed by atoms with Gasteiger partial charge in [0.2, 0.25) is 0 Å². The molecule has 4 rings (SSSR count). The number of fused-ring (bicyclic) bond motifs is 1. The van der Waals surface area contributed by atoms with Gasteiger partial charge in [-0.05, 0) is 61.9 Å². The third-order valence-corrected chi connectivity index (χ3v) is 6.10. The summed E-state index contributed by atoms with van der Waals surface area (Å²) >= 11 is 1.27. The van der Waals surface area contributed by atoms with E-state index >= 15 is 0 Å². The molecule has 1 saturated heterocycles. The van der Waals surface area contributed by atoms with Gasteiger partial charge in [-0.1, -0.05) is 23.5 Å². The van der Waals surface area contributed by atoms with Gasteiger partial charge in [0, 0.05) is 19.3 Å². The SMILES string of the molecule is Cc1ccc(F)cc1CC/C=C\c1ncnc2sc(C(=O)NC3CCOCC3)nc12. The van der Waals surface area contributed by atoms with Crippen molar-refractivity contribution in [2.45, 2.75) is 38.6 Å². The molecule has 1 aromatic carbocycles. The minimum absolute atomic E-state index is 0.120. The monoisotopic (exact) mass is 426 g/mol. The Kier molecular flexibility index (Phi) is 6.44. The number of ether oxygens (including phenoxy) is 1. The number of thiazole rings is 1. The summed E-state index contributed by atoms with van der Waals surface area (Å²) in [5.74, 6) is -0.396. The highest BCUT2D eigenvalue weighted by Gasteiger charge is 2.20. The predicted octanol–water partition coefficient (Wildman–Crippen LogP) is 4.09. The van der Waals surface area contributed by atoms with Gasteiger partial charge >= 0.3 is 0 Å². The molecule has 3 aromatic rings. The molecular formula is C22H23FN4O2S. The number of carbonyl (C=O) groups is 1. The molecule has 0 bridgehead atoms. The Balaban J connectivity index is 1.44. The molecule has 156 valence electrons. The summed E-state index contributed by atoms with van der Waals surface area (Å²) in [7, 11) is 0. The van der Waals surface area contributed by atoms with Crippen molar-refractivity contribution in [1.82, 2.24) is 20.3 Å². The topological polar surface area (TPSA) is 77.0 Å². The minimum atomic E-state index is -0.217. The second-order valence-corrected chi connectivity index (χ2v) is 8.28. The molecule has 0 atom stereocenters. The second kappa shape index (κ2) is 9.40. The quantitative estimate of drug-likeness (QED) is 0.642. The van der Waals surface area contributed by atoms with E-state index in [4.69, 9.17) is 4.74 Å². The summed E-state index contributed by atoms with van der Waals surface area (Å²) in [5.41, 5.74) is 3.37. The van der Waals surface area contributed by atoms with Crippen LogP contribution in [0, 0.1) is 12.7 Å². The molecule has 6 nitrogen and oxygen atoms in total. The Bertz CT molecular complexity index is 1080. The number of rotatable bonds is 6. The van der Waals surface area contributed by atoms with Gasteiger partial charge in [-0.15, -0.1) is 0 Å². The molecule has 0 saturated carbocycles. The fourth-order valence-corrected chi connectivity index (χ4v) is 4.24. The van der Waals surface area contributed by atoms with Gasteiger partial charge in [-0.3, -0.25) is 4.79 Å². The third-order valence-electron chi connectivity index (χ3n) is 5.14. The normalized spacial score (nSPS) is 15.1. The van der Waals surface area contributed by atoms with E-state index in [0.29, 0.717) is 34.3 Å². The number of carbonyl (C=O) groups excluding carboxylic acids is 1. The number of aryl methyl sites for hydroxylation is 2. The average molecular weight is 427 g/mol. The van der Waals surface area contributed by atoms with E-state index in [-0.39, 0.29) is 17.8 Å². The van der Waals surface area contributed by atoms with Crippen LogP contribution in [0.25, 0.3) is 16.4 Å². The Labute approximate surface area is 178 Å². The van der Waals surface area contributed by atoms with E-state index < -0.39 is 0 Å². The van der Waals surface area contributed by atoms with Crippen molar-refractivity contribution in [2.75, 3.05) is 13.2 Å². The first kappa shape index (κ1) is 20.6. The van der Waals surface area contributed by atoms with E-state index in [2.05, 4.69) is 20.3 Å². The summed E-state index contributed by atoms with van der Waals surface area (Å²) < 4.78 is 18.8. The maximum Gasteiger partial charge on any atom is 0.280 e. The predicted molar refractivity (Wildman–Crippen MR) is 115 cm³/mol. The van der Waals surface area contributed by atoms with Crippen molar-refractivity contribution in [3.8, 4) is 0 Å². The molecule has 1 N–H and O–H groups in total. The number of hydrogen-bond acceptors (Lipinski definition) is 6. The number of hydrogen-bond donors (Lipinski definition) is 1. The highest BCUT2D eigenvalue weighted by Crippen LogP contribution is 2.23. The smallest absolute Gasteiger partial charge is 0.280 e. The lowest BCUT2D eigenvalue weighted by molar-refractivity contribution is 0.0696. The van der Waals surface area contributed by atoms with Crippen LogP contribution in [0.1, 0.15) is 45.9 Å². The van der Waals surface area contributed by atoms with Gasteiger partial charge in [-0.25, -0.2) is 19.3 Å².